The maximum Gasteiger partial charge on any atom is 0.172 e. The van der Waals surface area contributed by atoms with Gasteiger partial charge in [0, 0.05) is 7.05 Å². The van der Waals surface area contributed by atoms with Crippen molar-refractivity contribution >= 4 is 23.2 Å². The minimum absolute atomic E-state index is 0.173. The first-order chi connectivity index (χ1) is 5.65. The number of nitrogens with zero attached hydrogens (tertiary/aromatic N) is 2. The van der Waals surface area contributed by atoms with Crippen LogP contribution in [0.2, 0.25) is 0 Å². The number of amidine groups is 1. The molecule has 0 aromatic carbocycles. The van der Waals surface area contributed by atoms with Gasteiger partial charge >= 0.3 is 0 Å². The molecule has 2 unspecified atom stereocenters. The summed E-state index contributed by atoms with van der Waals surface area (Å²) in [5.74, 6) is 0.175. The summed E-state index contributed by atoms with van der Waals surface area (Å²) >= 11 is -2.17. The quantitative estimate of drug-likeness (QED) is 0.421. The van der Waals surface area contributed by atoms with Crippen LogP contribution in [0.15, 0.2) is 5.10 Å². The van der Waals surface area contributed by atoms with Crippen molar-refractivity contribution in [1.82, 2.24) is 10.3 Å². The average Bonchev–Trinajstić information content (AvgIpc) is 2.32. The number of hydrazone groups is 1. The van der Waals surface area contributed by atoms with Crippen LogP contribution >= 0.6 is 0 Å². The molecule has 1 aliphatic heterocycles. The van der Waals surface area contributed by atoms with Crippen LogP contribution in [0.5, 0.6) is 0 Å². The van der Waals surface area contributed by atoms with E-state index in [0.29, 0.717) is 12.1 Å². The predicted octanol–water partition coefficient (Wildman–Crippen LogP) is -1.76. The lowest BCUT2D eigenvalue weighted by molar-refractivity contribution is -0.111. The normalized spacial score (nSPS) is 24.7. The third-order valence-electron chi connectivity index (χ3n) is 1.53. The summed E-state index contributed by atoms with van der Waals surface area (Å²) in [7, 11) is 1.60. The molecule has 2 atom stereocenters. The molecule has 0 bridgehead atoms. The number of hydrogen-bond acceptors (Lipinski definition) is 6. The lowest BCUT2D eigenvalue weighted by Gasteiger charge is -2.17. The Morgan fingerprint density at radius 2 is 2.58 bits per heavy atom. The summed E-state index contributed by atoms with van der Waals surface area (Å²) in [4.78, 5) is 11.8. The molecule has 1 N–H and O–H groups in total. The largest absolute Gasteiger partial charge is 0.772 e. The van der Waals surface area contributed by atoms with E-state index in [1.165, 1.54) is 4.90 Å². The van der Waals surface area contributed by atoms with Crippen molar-refractivity contribution in [2.24, 2.45) is 5.10 Å². The van der Waals surface area contributed by atoms with Gasteiger partial charge in [-0.05, 0) is 11.1 Å². The number of nitrogens with one attached hydrogen (secondary N) is 1. The second kappa shape index (κ2) is 3.63. The molecule has 0 aromatic heterocycles. The molecule has 0 radical (unpaired) electrons. The molecule has 0 aliphatic carbocycles. The highest BCUT2D eigenvalue weighted by atomic mass is 32.2. The molecule has 0 fully saturated rings. The fourth-order valence-electron chi connectivity index (χ4n) is 0.828. The van der Waals surface area contributed by atoms with Gasteiger partial charge in [0.15, 0.2) is 12.5 Å². The van der Waals surface area contributed by atoms with Crippen molar-refractivity contribution in [3.05, 3.63) is 0 Å². The Labute approximate surface area is 71.9 Å². The Morgan fingerprint density at radius 1 is 1.92 bits per heavy atom. The zero-order valence-electron chi connectivity index (χ0n) is 6.39. The second-order valence-electron chi connectivity index (χ2n) is 2.30. The van der Waals surface area contributed by atoms with Crippen molar-refractivity contribution in [3.8, 4) is 0 Å². The number of hydrogen-bond donors (Lipinski definition) is 1. The van der Waals surface area contributed by atoms with Crippen LogP contribution in [0.3, 0.4) is 0 Å². The van der Waals surface area contributed by atoms with Crippen LogP contribution < -0.4 is 5.43 Å². The number of carbonyl (C=O) groups is 1. The molecule has 1 heterocycles. The number of carbonyl (C=O) groups excluding carboxylic acids is 1. The van der Waals surface area contributed by atoms with E-state index in [4.69, 9.17) is 0 Å². The highest BCUT2D eigenvalue weighted by Gasteiger charge is 2.22. The molecule has 1 aliphatic rings. The summed E-state index contributed by atoms with van der Waals surface area (Å²) in [6.07, 6.45) is 0.119. The van der Waals surface area contributed by atoms with Crippen molar-refractivity contribution in [1.29, 1.82) is 0 Å². The fourth-order valence-corrected chi connectivity index (χ4v) is 1.31. The van der Waals surface area contributed by atoms with Gasteiger partial charge in [0.25, 0.3) is 0 Å². The van der Waals surface area contributed by atoms with Gasteiger partial charge in [0.2, 0.25) is 0 Å². The predicted molar refractivity (Wildman–Crippen MR) is 42.0 cm³/mol. The molecular formula is C5H8N3O3S-. The Balaban J connectivity index is 2.58. The van der Waals surface area contributed by atoms with Gasteiger partial charge in [0.1, 0.15) is 5.84 Å². The first-order valence-corrected chi connectivity index (χ1v) is 4.45. The highest BCUT2D eigenvalue weighted by Crippen LogP contribution is 2.01. The van der Waals surface area contributed by atoms with Crippen LogP contribution in [0, 0.1) is 0 Å². The van der Waals surface area contributed by atoms with E-state index < -0.39 is 17.2 Å². The lowest BCUT2D eigenvalue weighted by Crippen LogP contribution is -2.39. The molecule has 0 saturated carbocycles. The topological polar surface area (TPSA) is 84.8 Å². The van der Waals surface area contributed by atoms with Crippen molar-refractivity contribution in [3.63, 3.8) is 0 Å². The van der Waals surface area contributed by atoms with Gasteiger partial charge in [-0.1, -0.05) is 0 Å². The molecule has 0 saturated heterocycles. The van der Waals surface area contributed by atoms with Gasteiger partial charge in [-0.25, -0.2) is 0 Å². The van der Waals surface area contributed by atoms with Crippen molar-refractivity contribution in [2.75, 3.05) is 12.8 Å². The smallest absolute Gasteiger partial charge is 0.172 e. The van der Waals surface area contributed by atoms with E-state index in [-0.39, 0.29) is 5.75 Å². The first-order valence-electron chi connectivity index (χ1n) is 3.21. The van der Waals surface area contributed by atoms with Gasteiger partial charge in [0.05, 0.1) is 5.75 Å². The SMILES string of the molecule is CN1C(CS(=O)[O-])=NNC1C=O. The van der Waals surface area contributed by atoms with Gasteiger partial charge < -0.3 is 9.45 Å². The molecule has 68 valence electrons. The van der Waals surface area contributed by atoms with E-state index in [1.54, 1.807) is 7.05 Å². The summed E-state index contributed by atoms with van der Waals surface area (Å²) in [5, 5.41) is 3.68. The summed E-state index contributed by atoms with van der Waals surface area (Å²) in [6.45, 7) is 0. The molecular weight excluding hydrogens is 182 g/mol. The summed E-state index contributed by atoms with van der Waals surface area (Å²) < 4.78 is 20.5. The highest BCUT2D eigenvalue weighted by molar-refractivity contribution is 7.79. The fraction of sp³-hybridized carbons (Fsp3) is 0.600. The third-order valence-corrected chi connectivity index (χ3v) is 2.02. The molecule has 7 heteroatoms. The molecule has 12 heavy (non-hydrogen) atoms. The van der Waals surface area contributed by atoms with Crippen LogP contribution in [0.25, 0.3) is 0 Å². The summed E-state index contributed by atoms with van der Waals surface area (Å²) in [6, 6.07) is 0. The van der Waals surface area contributed by atoms with Gasteiger partial charge in [-0.15, -0.1) is 0 Å². The molecule has 0 aromatic rings. The Kier molecular flexibility index (Phi) is 2.77. The number of aldehydes is 1. The zero-order valence-corrected chi connectivity index (χ0v) is 7.21. The Bertz CT molecular complexity index is 242. The standard InChI is InChI=1S/C5H9N3O3S/c1-8-4(2-9)6-7-5(8)3-12(10)11/h2,4,6H,3H2,1H3,(H,10,11)/p-1. The molecule has 0 spiro atoms. The lowest BCUT2D eigenvalue weighted by atomic mass is 10.5. The number of likely N-dealkylation sites (N-methyl/N-ethyl adjacent to an activating group) is 1. The Hall–Kier alpha value is -0.950. The van der Waals surface area contributed by atoms with Gasteiger partial charge in [-0.3, -0.25) is 14.4 Å². The Morgan fingerprint density at radius 3 is 3.00 bits per heavy atom. The van der Waals surface area contributed by atoms with Crippen molar-refractivity contribution < 1.29 is 13.6 Å². The first kappa shape index (κ1) is 9.14. The molecule has 1 rings (SSSR count). The average molecular weight is 190 g/mol. The maximum absolute atomic E-state index is 10.3. The van der Waals surface area contributed by atoms with Crippen molar-refractivity contribution in [2.45, 2.75) is 6.17 Å². The third kappa shape index (κ3) is 1.80. The van der Waals surface area contributed by atoms with Crippen LogP contribution in [-0.2, 0) is 15.9 Å². The minimum Gasteiger partial charge on any atom is -0.772 e. The van der Waals surface area contributed by atoms with Crippen LogP contribution in [-0.4, -0.2) is 44.7 Å². The van der Waals surface area contributed by atoms with Gasteiger partial charge in [-0.2, -0.15) is 5.10 Å². The van der Waals surface area contributed by atoms with E-state index >= 15 is 0 Å². The van der Waals surface area contributed by atoms with E-state index in [9.17, 15) is 13.6 Å². The van der Waals surface area contributed by atoms with E-state index in [2.05, 4.69) is 10.5 Å². The summed E-state index contributed by atoms with van der Waals surface area (Å²) in [5.41, 5.74) is 2.48. The number of rotatable bonds is 3. The maximum atomic E-state index is 10.3. The monoisotopic (exact) mass is 190 g/mol. The minimum atomic E-state index is -2.17. The second-order valence-corrected chi connectivity index (χ2v) is 3.19. The molecule has 6 nitrogen and oxygen atoms in total. The van der Waals surface area contributed by atoms with Crippen LogP contribution in [0.4, 0.5) is 0 Å². The van der Waals surface area contributed by atoms with E-state index in [0.717, 1.165) is 0 Å². The zero-order chi connectivity index (χ0) is 9.14. The van der Waals surface area contributed by atoms with E-state index in [1.807, 2.05) is 0 Å². The van der Waals surface area contributed by atoms with Crippen LogP contribution in [0.1, 0.15) is 0 Å². The molecule has 0 amide bonds.